The summed E-state index contributed by atoms with van der Waals surface area (Å²) in [5.41, 5.74) is 3.88. The van der Waals surface area contributed by atoms with Crippen molar-refractivity contribution in [1.82, 2.24) is 40.3 Å². The Balaban J connectivity index is 1.41. The van der Waals surface area contributed by atoms with Gasteiger partial charge in [0.2, 0.25) is 5.91 Å². The van der Waals surface area contributed by atoms with Crippen LogP contribution in [0.2, 0.25) is 5.15 Å². The Kier molecular flexibility index (Phi) is 10.7. The minimum absolute atomic E-state index is 0.283. The van der Waals surface area contributed by atoms with Crippen molar-refractivity contribution in [3.8, 4) is 11.5 Å². The van der Waals surface area contributed by atoms with Crippen molar-refractivity contribution < 1.29 is 19.1 Å². The number of halogens is 1. The third kappa shape index (κ3) is 8.20. The van der Waals surface area contributed by atoms with Gasteiger partial charge in [0, 0.05) is 70.8 Å². The van der Waals surface area contributed by atoms with Crippen molar-refractivity contribution in [3.63, 3.8) is 0 Å². The average Bonchev–Trinajstić information content (AvgIpc) is 3.59. The third-order valence-corrected chi connectivity index (χ3v) is 8.25. The molecule has 0 saturated carbocycles. The van der Waals surface area contributed by atoms with Crippen LogP contribution in [0.5, 0.6) is 11.5 Å². The number of hydrogen-bond donors (Lipinski definition) is 2. The van der Waals surface area contributed by atoms with Crippen molar-refractivity contribution in [1.29, 1.82) is 0 Å². The quantitative estimate of drug-likeness (QED) is 0.343. The zero-order valence-corrected chi connectivity index (χ0v) is 26.6. The number of methoxy groups -OCH3 is 1. The first-order chi connectivity index (χ1) is 21.8. The van der Waals surface area contributed by atoms with Crippen molar-refractivity contribution in [3.05, 3.63) is 88.0 Å². The van der Waals surface area contributed by atoms with Crippen molar-refractivity contribution in [2.45, 2.75) is 45.3 Å². The maximum absolute atomic E-state index is 13.7. The first-order valence-corrected chi connectivity index (χ1v) is 15.4. The normalized spacial score (nSPS) is 17.2. The molecule has 2 amide bonds. The van der Waals surface area contributed by atoms with E-state index in [4.69, 9.17) is 21.1 Å². The van der Waals surface area contributed by atoms with Crippen LogP contribution in [0.4, 0.5) is 0 Å². The standard InChI is InChI=1S/C32H39ClN8O4/c1-22-26(30(33)39(2)37-22)21-40-16-13-24-20-41(38-36-24)15-8-18-45-29-25(11-7-12-28(29)44-3)31(42)35-27(32(43)34-14-17-40)19-23-9-5-4-6-10-23/h4-7,9-12,20,27H,8,13-19,21H2,1-3H3,(H,34,43)(H,35,42)/t27-/m0/s1. The van der Waals surface area contributed by atoms with Gasteiger partial charge in [0.05, 0.1) is 30.7 Å². The number of aryl methyl sites for hydroxylation is 3. The van der Waals surface area contributed by atoms with Crippen LogP contribution in [-0.4, -0.2) is 80.9 Å². The molecule has 0 saturated heterocycles. The summed E-state index contributed by atoms with van der Waals surface area (Å²) in [6.07, 6.45) is 3.55. The average molecular weight is 635 g/mol. The molecule has 13 heteroatoms. The molecular weight excluding hydrogens is 596 g/mol. The van der Waals surface area contributed by atoms with Crippen LogP contribution in [0.1, 0.15) is 39.3 Å². The Morgan fingerprint density at radius 3 is 2.67 bits per heavy atom. The van der Waals surface area contributed by atoms with E-state index in [-0.39, 0.29) is 11.5 Å². The molecule has 0 spiro atoms. The lowest BCUT2D eigenvalue weighted by atomic mass is 10.0. The van der Waals surface area contributed by atoms with Crippen LogP contribution in [0.15, 0.2) is 54.7 Å². The van der Waals surface area contributed by atoms with Gasteiger partial charge in [0.15, 0.2) is 11.5 Å². The summed E-state index contributed by atoms with van der Waals surface area (Å²) in [6.45, 7) is 4.98. The van der Waals surface area contributed by atoms with Gasteiger partial charge in [-0.3, -0.25) is 23.9 Å². The minimum Gasteiger partial charge on any atom is -0.493 e. The SMILES string of the molecule is COc1cccc2c1OCCCn1cc(nn1)CCN(Cc1c(C)nn(C)c1Cl)CCNC(=O)[C@H](Cc1ccccc1)NC2=O. The molecule has 45 heavy (non-hydrogen) atoms. The summed E-state index contributed by atoms with van der Waals surface area (Å²) in [6, 6.07) is 13.9. The van der Waals surface area contributed by atoms with E-state index in [0.29, 0.717) is 75.2 Å². The van der Waals surface area contributed by atoms with E-state index in [0.717, 1.165) is 22.5 Å². The molecule has 2 bridgehead atoms. The highest BCUT2D eigenvalue weighted by molar-refractivity contribution is 6.30. The topological polar surface area (TPSA) is 128 Å². The molecule has 238 valence electrons. The van der Waals surface area contributed by atoms with Gasteiger partial charge in [-0.15, -0.1) is 5.10 Å². The third-order valence-electron chi connectivity index (χ3n) is 7.77. The van der Waals surface area contributed by atoms with Gasteiger partial charge in [0.1, 0.15) is 11.2 Å². The Hall–Kier alpha value is -4.42. The molecule has 5 rings (SSSR count). The number of aromatic nitrogens is 5. The first-order valence-electron chi connectivity index (χ1n) is 15.0. The molecular formula is C32H39ClN8O4. The van der Waals surface area contributed by atoms with E-state index in [1.165, 1.54) is 7.11 Å². The highest BCUT2D eigenvalue weighted by Crippen LogP contribution is 2.31. The van der Waals surface area contributed by atoms with E-state index >= 15 is 0 Å². The second-order valence-corrected chi connectivity index (χ2v) is 11.4. The highest BCUT2D eigenvalue weighted by atomic mass is 35.5. The predicted molar refractivity (Wildman–Crippen MR) is 169 cm³/mol. The minimum atomic E-state index is -0.821. The largest absolute Gasteiger partial charge is 0.493 e. The lowest BCUT2D eigenvalue weighted by Crippen LogP contribution is -2.49. The fraction of sp³-hybridized carbons (Fsp3) is 0.406. The molecule has 12 nitrogen and oxygen atoms in total. The zero-order valence-electron chi connectivity index (χ0n) is 25.8. The van der Waals surface area contributed by atoms with E-state index in [9.17, 15) is 9.59 Å². The molecule has 4 aromatic rings. The summed E-state index contributed by atoms with van der Waals surface area (Å²) in [4.78, 5) is 29.5. The molecule has 0 fully saturated rings. The zero-order chi connectivity index (χ0) is 31.8. The van der Waals surface area contributed by atoms with Gasteiger partial charge in [-0.05, 0) is 24.6 Å². The van der Waals surface area contributed by atoms with Crippen LogP contribution in [-0.2, 0) is 37.8 Å². The van der Waals surface area contributed by atoms with E-state index in [1.807, 2.05) is 50.5 Å². The van der Waals surface area contributed by atoms with Crippen LogP contribution >= 0.6 is 11.6 Å². The molecule has 2 aromatic heterocycles. The van der Waals surface area contributed by atoms with E-state index in [1.54, 1.807) is 27.6 Å². The number of ether oxygens (including phenoxy) is 2. The number of amides is 2. The fourth-order valence-electron chi connectivity index (χ4n) is 5.34. The Bertz CT molecular complexity index is 1610. The summed E-state index contributed by atoms with van der Waals surface area (Å²) >= 11 is 6.57. The van der Waals surface area contributed by atoms with Gasteiger partial charge in [-0.1, -0.05) is 53.2 Å². The summed E-state index contributed by atoms with van der Waals surface area (Å²) in [7, 11) is 3.35. The molecule has 1 aliphatic rings. The summed E-state index contributed by atoms with van der Waals surface area (Å²) in [5, 5.41) is 19.7. The molecule has 1 atom stereocenters. The van der Waals surface area contributed by atoms with E-state index in [2.05, 4.69) is 30.9 Å². The van der Waals surface area contributed by atoms with Crippen molar-refractivity contribution in [2.75, 3.05) is 33.4 Å². The maximum Gasteiger partial charge on any atom is 0.255 e. The maximum atomic E-state index is 13.7. The number of rotatable bonds is 5. The van der Waals surface area contributed by atoms with E-state index < -0.39 is 11.9 Å². The lowest BCUT2D eigenvalue weighted by Gasteiger charge is -2.24. The molecule has 2 aromatic carbocycles. The van der Waals surface area contributed by atoms with Gasteiger partial charge in [0.25, 0.3) is 5.91 Å². The molecule has 0 aliphatic carbocycles. The van der Waals surface area contributed by atoms with Gasteiger partial charge in [-0.2, -0.15) is 5.10 Å². The predicted octanol–water partition coefficient (Wildman–Crippen LogP) is 2.97. The van der Waals surface area contributed by atoms with Crippen LogP contribution < -0.4 is 20.1 Å². The monoisotopic (exact) mass is 634 g/mol. The summed E-state index contributed by atoms with van der Waals surface area (Å²) in [5.74, 6) is 0.0503. The number of nitrogens with one attached hydrogen (secondary N) is 2. The fourth-order valence-corrected chi connectivity index (χ4v) is 5.58. The van der Waals surface area contributed by atoms with Crippen LogP contribution in [0.25, 0.3) is 0 Å². The van der Waals surface area contributed by atoms with Crippen LogP contribution in [0, 0.1) is 6.92 Å². The number of fused-ring (bicyclic) bond motifs is 3. The number of para-hydroxylation sites is 1. The molecule has 0 radical (unpaired) electrons. The molecule has 1 aliphatic heterocycles. The number of carbonyl (C=O) groups is 2. The number of nitrogens with zero attached hydrogens (tertiary/aromatic N) is 6. The Morgan fingerprint density at radius 1 is 1.09 bits per heavy atom. The Labute approximate surface area is 267 Å². The number of hydrogen-bond acceptors (Lipinski definition) is 8. The van der Waals surface area contributed by atoms with Crippen LogP contribution in [0.3, 0.4) is 0 Å². The number of carbonyl (C=O) groups excluding carboxylic acids is 2. The van der Waals surface area contributed by atoms with Gasteiger partial charge >= 0.3 is 0 Å². The summed E-state index contributed by atoms with van der Waals surface area (Å²) < 4.78 is 15.1. The molecule has 3 heterocycles. The smallest absolute Gasteiger partial charge is 0.255 e. The van der Waals surface area contributed by atoms with Gasteiger partial charge < -0.3 is 20.1 Å². The molecule has 0 unspecified atom stereocenters. The lowest BCUT2D eigenvalue weighted by molar-refractivity contribution is -0.123. The second kappa shape index (κ2) is 15.0. The van der Waals surface area contributed by atoms with Crippen molar-refractivity contribution in [2.24, 2.45) is 7.05 Å². The van der Waals surface area contributed by atoms with Crippen molar-refractivity contribution >= 4 is 23.4 Å². The van der Waals surface area contributed by atoms with Gasteiger partial charge in [-0.25, -0.2) is 0 Å². The molecule has 2 N–H and O–H groups in total. The second-order valence-electron chi connectivity index (χ2n) is 11.0. The Morgan fingerprint density at radius 2 is 1.91 bits per heavy atom. The highest BCUT2D eigenvalue weighted by Gasteiger charge is 2.25. The first kappa shape index (κ1) is 32.0. The number of benzene rings is 2.